The van der Waals surface area contributed by atoms with E-state index in [1.165, 1.54) is 6.07 Å². The van der Waals surface area contributed by atoms with Gasteiger partial charge < -0.3 is 10.4 Å². The number of carboxylic acid groups (broad SMARTS) is 1. The molecule has 0 aliphatic rings. The lowest BCUT2D eigenvalue weighted by atomic mass is 10.0. The van der Waals surface area contributed by atoms with Crippen molar-refractivity contribution in [1.82, 2.24) is 5.32 Å². The van der Waals surface area contributed by atoms with E-state index in [-0.39, 0.29) is 11.5 Å². The number of amides is 1. The lowest BCUT2D eigenvalue weighted by molar-refractivity contribution is 0.0698. The Morgan fingerprint density at radius 2 is 1.21 bits per heavy atom. The number of hydrogen-bond donors (Lipinski definition) is 2. The molecule has 0 fully saturated rings. The van der Waals surface area contributed by atoms with Crippen LogP contribution in [0.5, 0.6) is 0 Å². The van der Waals surface area contributed by atoms with Gasteiger partial charge in [-0.1, -0.05) is 48.5 Å². The number of aromatic carboxylic acids is 1. The van der Waals surface area contributed by atoms with Crippen molar-refractivity contribution in [3.8, 4) is 0 Å². The fourth-order valence-electron chi connectivity index (χ4n) is 3.54. The number of benzene rings is 4. The van der Waals surface area contributed by atoms with Gasteiger partial charge in [-0.05, 0) is 35.0 Å². The minimum absolute atomic E-state index is 0.0956. The Kier molecular flexibility index (Phi) is 4.86. The molecule has 0 spiro atoms. The molecule has 4 aromatic carbocycles. The summed E-state index contributed by atoms with van der Waals surface area (Å²) in [6.45, 7) is 0. The Hall–Kier alpha value is -3.51. The van der Waals surface area contributed by atoms with Crippen LogP contribution < -0.4 is 5.32 Å². The summed E-state index contributed by atoms with van der Waals surface area (Å²) in [5.41, 5.74) is 0.519. The molecule has 0 radical (unpaired) electrons. The van der Waals surface area contributed by atoms with Gasteiger partial charge in [-0.25, -0.2) is 9.00 Å². The molecule has 0 unspecified atom stereocenters. The molecular formula is C23H17NO4S. The largest absolute Gasteiger partial charge is 0.478 e. The smallest absolute Gasteiger partial charge is 0.336 e. The van der Waals surface area contributed by atoms with E-state index >= 15 is 0 Å². The number of rotatable bonds is 4. The van der Waals surface area contributed by atoms with Gasteiger partial charge in [0.25, 0.3) is 5.91 Å². The van der Waals surface area contributed by atoms with Gasteiger partial charge in [0.1, 0.15) is 0 Å². The number of fused-ring (bicyclic) bond motifs is 2. The van der Waals surface area contributed by atoms with Crippen LogP contribution in [0.15, 0.2) is 82.6 Å². The monoisotopic (exact) mass is 403 g/mol. The van der Waals surface area contributed by atoms with Crippen molar-refractivity contribution in [3.63, 3.8) is 0 Å². The Labute approximate surface area is 169 Å². The summed E-state index contributed by atoms with van der Waals surface area (Å²) in [5.74, 6) is -1.35. The second-order valence-electron chi connectivity index (χ2n) is 6.47. The molecule has 0 bridgehead atoms. The Balaban J connectivity index is 2.03. The van der Waals surface area contributed by atoms with Crippen molar-refractivity contribution in [2.45, 2.75) is 9.79 Å². The van der Waals surface area contributed by atoms with Gasteiger partial charge in [0.2, 0.25) is 0 Å². The van der Waals surface area contributed by atoms with Crippen LogP contribution in [0.3, 0.4) is 0 Å². The van der Waals surface area contributed by atoms with E-state index in [1.54, 1.807) is 61.6 Å². The lowest BCUT2D eigenvalue weighted by Gasteiger charge is -2.13. The molecule has 5 nitrogen and oxygen atoms in total. The van der Waals surface area contributed by atoms with E-state index in [4.69, 9.17) is 0 Å². The van der Waals surface area contributed by atoms with Crippen LogP contribution in [-0.2, 0) is 10.8 Å². The minimum atomic E-state index is -1.69. The average molecular weight is 403 g/mol. The quantitative estimate of drug-likeness (QED) is 0.534. The van der Waals surface area contributed by atoms with Crippen molar-refractivity contribution in [2.24, 2.45) is 0 Å². The van der Waals surface area contributed by atoms with Crippen molar-refractivity contribution in [2.75, 3.05) is 7.05 Å². The Bertz CT molecular complexity index is 1300. The fraction of sp³-hybridized carbons (Fsp3) is 0.0435. The van der Waals surface area contributed by atoms with Crippen molar-refractivity contribution >= 4 is 44.2 Å². The van der Waals surface area contributed by atoms with Gasteiger partial charge in [-0.3, -0.25) is 4.79 Å². The summed E-state index contributed by atoms with van der Waals surface area (Å²) in [6, 6.07) is 20.9. The summed E-state index contributed by atoms with van der Waals surface area (Å²) >= 11 is 0. The fourth-order valence-corrected chi connectivity index (χ4v) is 5.01. The average Bonchev–Trinajstić information content (AvgIpc) is 2.76. The van der Waals surface area contributed by atoms with Crippen LogP contribution in [0, 0.1) is 0 Å². The highest BCUT2D eigenvalue weighted by atomic mass is 32.2. The van der Waals surface area contributed by atoms with Crippen LogP contribution in [0.4, 0.5) is 0 Å². The van der Waals surface area contributed by atoms with E-state index in [1.807, 2.05) is 12.1 Å². The molecule has 6 heteroatoms. The molecule has 0 saturated heterocycles. The second kappa shape index (κ2) is 7.48. The third-order valence-electron chi connectivity index (χ3n) is 4.83. The first-order chi connectivity index (χ1) is 14.0. The zero-order valence-corrected chi connectivity index (χ0v) is 16.3. The molecule has 0 saturated carbocycles. The Morgan fingerprint density at radius 1 is 0.759 bits per heavy atom. The van der Waals surface area contributed by atoms with Gasteiger partial charge in [0.05, 0.1) is 26.2 Å². The normalized spacial score (nSPS) is 12.0. The summed E-state index contributed by atoms with van der Waals surface area (Å²) in [5, 5.41) is 14.8. The molecule has 1 amide bonds. The van der Waals surface area contributed by atoms with Gasteiger partial charge >= 0.3 is 5.97 Å². The molecule has 29 heavy (non-hydrogen) atoms. The van der Waals surface area contributed by atoms with Crippen LogP contribution in [-0.4, -0.2) is 28.2 Å². The molecule has 4 aromatic rings. The molecule has 4 rings (SSSR count). The van der Waals surface area contributed by atoms with Gasteiger partial charge in [-0.2, -0.15) is 0 Å². The first-order valence-electron chi connectivity index (χ1n) is 8.93. The highest BCUT2D eigenvalue weighted by molar-refractivity contribution is 7.85. The SMILES string of the molecule is CNC(=O)c1cccc2cccc([S@@](=O)c3cccc4cccc(C(=O)O)c34)c12. The predicted molar refractivity (Wildman–Crippen MR) is 113 cm³/mol. The number of carbonyl (C=O) groups is 2. The first-order valence-corrected chi connectivity index (χ1v) is 10.1. The van der Waals surface area contributed by atoms with E-state index in [9.17, 15) is 18.9 Å². The minimum Gasteiger partial charge on any atom is -0.478 e. The molecular weight excluding hydrogens is 386 g/mol. The predicted octanol–water partition coefficient (Wildman–Crippen LogP) is 4.22. The molecule has 2 N–H and O–H groups in total. The number of carbonyl (C=O) groups excluding carboxylic acids is 1. The molecule has 1 atom stereocenters. The zero-order chi connectivity index (χ0) is 20.5. The molecule has 144 valence electrons. The molecule has 0 aliphatic carbocycles. The number of carboxylic acids is 1. The summed E-state index contributed by atoms with van der Waals surface area (Å²) in [7, 11) is -0.149. The third-order valence-corrected chi connectivity index (χ3v) is 6.31. The third kappa shape index (κ3) is 3.17. The van der Waals surface area contributed by atoms with Crippen molar-refractivity contribution < 1.29 is 18.9 Å². The highest BCUT2D eigenvalue weighted by Gasteiger charge is 2.20. The van der Waals surface area contributed by atoms with Crippen LogP contribution in [0.2, 0.25) is 0 Å². The van der Waals surface area contributed by atoms with E-state index in [2.05, 4.69) is 5.32 Å². The summed E-state index contributed by atoms with van der Waals surface area (Å²) in [4.78, 5) is 25.0. The van der Waals surface area contributed by atoms with Gasteiger partial charge in [0.15, 0.2) is 0 Å². The standard InChI is InChI=1S/C23H17NO4S/c1-24-22(25)16-10-2-6-14-8-4-12-18(20(14)16)29(28)19-13-5-9-15-7-3-11-17(21(15)19)23(26)27/h2-13H,1H3,(H,24,25)(H,26,27)/t29-/m1/s1. The molecule has 0 aromatic heterocycles. The summed E-state index contributed by atoms with van der Waals surface area (Å²) < 4.78 is 13.7. The van der Waals surface area contributed by atoms with Gasteiger partial charge in [0, 0.05) is 23.4 Å². The topological polar surface area (TPSA) is 83.5 Å². The van der Waals surface area contributed by atoms with Crippen molar-refractivity contribution in [1.29, 1.82) is 0 Å². The summed E-state index contributed by atoms with van der Waals surface area (Å²) in [6.07, 6.45) is 0. The lowest BCUT2D eigenvalue weighted by Crippen LogP contribution is -2.18. The Morgan fingerprint density at radius 3 is 1.69 bits per heavy atom. The van der Waals surface area contributed by atoms with E-state index < -0.39 is 16.8 Å². The molecule has 0 aliphatic heterocycles. The first kappa shape index (κ1) is 18.8. The van der Waals surface area contributed by atoms with Crippen LogP contribution in [0.1, 0.15) is 20.7 Å². The zero-order valence-electron chi connectivity index (χ0n) is 15.5. The van der Waals surface area contributed by atoms with Gasteiger partial charge in [-0.15, -0.1) is 0 Å². The van der Waals surface area contributed by atoms with Crippen LogP contribution in [0.25, 0.3) is 21.5 Å². The van der Waals surface area contributed by atoms with Crippen LogP contribution >= 0.6 is 0 Å². The van der Waals surface area contributed by atoms with E-state index in [0.29, 0.717) is 31.5 Å². The highest BCUT2D eigenvalue weighted by Crippen LogP contribution is 2.33. The maximum Gasteiger partial charge on any atom is 0.336 e. The second-order valence-corrected chi connectivity index (χ2v) is 7.89. The van der Waals surface area contributed by atoms with E-state index in [0.717, 1.165) is 5.39 Å². The number of nitrogens with one attached hydrogen (secondary N) is 1. The molecule has 0 heterocycles. The van der Waals surface area contributed by atoms with Crippen molar-refractivity contribution in [3.05, 3.63) is 83.9 Å². The maximum absolute atomic E-state index is 13.7. The number of hydrogen-bond acceptors (Lipinski definition) is 3. The maximum atomic E-state index is 13.7.